The van der Waals surface area contributed by atoms with Crippen molar-refractivity contribution in [1.82, 2.24) is 20.3 Å². The lowest BCUT2D eigenvalue weighted by molar-refractivity contribution is 0.300. The van der Waals surface area contributed by atoms with Gasteiger partial charge in [-0.2, -0.15) is 0 Å². The first-order valence-corrected chi connectivity index (χ1v) is 8.71. The molecular weight excluding hydrogens is 288 g/mol. The van der Waals surface area contributed by atoms with Crippen molar-refractivity contribution in [2.45, 2.75) is 45.3 Å². The number of benzene rings is 1. The van der Waals surface area contributed by atoms with Crippen molar-refractivity contribution in [1.29, 1.82) is 0 Å². The van der Waals surface area contributed by atoms with Crippen molar-refractivity contribution in [2.24, 2.45) is 5.92 Å². The normalized spacial score (nSPS) is 20.4. The van der Waals surface area contributed by atoms with E-state index in [9.17, 15) is 0 Å². The molecule has 0 spiro atoms. The Kier molecular flexibility index (Phi) is 4.28. The Morgan fingerprint density at radius 1 is 1.22 bits per heavy atom. The predicted octanol–water partition coefficient (Wildman–Crippen LogP) is 2.35. The van der Waals surface area contributed by atoms with Crippen LogP contribution in [0.4, 0.5) is 0 Å². The maximum absolute atomic E-state index is 5.89. The van der Waals surface area contributed by atoms with Crippen LogP contribution in [0.1, 0.15) is 36.1 Å². The zero-order chi connectivity index (χ0) is 15.5. The summed E-state index contributed by atoms with van der Waals surface area (Å²) in [5, 5.41) is 11.9. The van der Waals surface area contributed by atoms with Gasteiger partial charge in [-0.05, 0) is 74.4 Å². The maximum Gasteiger partial charge on any atom is 0.134 e. The molecule has 2 heterocycles. The Morgan fingerprint density at radius 2 is 2.17 bits per heavy atom. The van der Waals surface area contributed by atoms with Crippen LogP contribution in [-0.2, 0) is 26.0 Å². The van der Waals surface area contributed by atoms with Crippen LogP contribution in [0, 0.1) is 5.92 Å². The molecule has 1 aromatic carbocycles. The van der Waals surface area contributed by atoms with E-state index in [4.69, 9.17) is 4.74 Å². The summed E-state index contributed by atoms with van der Waals surface area (Å²) in [6, 6.07) is 6.45. The van der Waals surface area contributed by atoms with Crippen molar-refractivity contribution >= 4 is 0 Å². The molecule has 1 atom stereocenters. The molecule has 4 rings (SSSR count). The summed E-state index contributed by atoms with van der Waals surface area (Å²) in [5.74, 6) is 1.60. The van der Waals surface area contributed by atoms with Gasteiger partial charge in [0.2, 0.25) is 0 Å². The number of nitrogens with zero attached hydrogens (tertiary/aromatic N) is 3. The van der Waals surface area contributed by atoms with Gasteiger partial charge < -0.3 is 10.1 Å². The summed E-state index contributed by atoms with van der Waals surface area (Å²) >= 11 is 0. The molecule has 5 heteroatoms. The molecule has 122 valence electrons. The first-order chi connectivity index (χ1) is 11.4. The smallest absolute Gasteiger partial charge is 0.134 e. The van der Waals surface area contributed by atoms with E-state index < -0.39 is 0 Å². The highest BCUT2D eigenvalue weighted by molar-refractivity contribution is 5.38. The molecule has 1 aromatic heterocycles. The fourth-order valence-electron chi connectivity index (χ4n) is 3.63. The summed E-state index contributed by atoms with van der Waals surface area (Å²) in [5.41, 5.74) is 3.81. The Balaban J connectivity index is 1.32. The molecule has 1 aliphatic carbocycles. The quantitative estimate of drug-likeness (QED) is 0.921. The van der Waals surface area contributed by atoms with E-state index in [1.807, 2.05) is 10.9 Å². The molecule has 1 fully saturated rings. The van der Waals surface area contributed by atoms with Gasteiger partial charge in [0.15, 0.2) is 0 Å². The van der Waals surface area contributed by atoms with E-state index in [-0.39, 0.29) is 0 Å². The van der Waals surface area contributed by atoms with Gasteiger partial charge in [0.05, 0.1) is 6.20 Å². The van der Waals surface area contributed by atoms with Crippen LogP contribution in [0.5, 0.6) is 5.75 Å². The zero-order valence-electron chi connectivity index (χ0n) is 13.5. The van der Waals surface area contributed by atoms with Crippen molar-refractivity contribution in [2.75, 3.05) is 13.1 Å². The molecule has 1 unspecified atom stereocenters. The van der Waals surface area contributed by atoms with E-state index in [0.717, 1.165) is 31.1 Å². The molecule has 1 aliphatic heterocycles. The highest BCUT2D eigenvalue weighted by atomic mass is 16.5. The van der Waals surface area contributed by atoms with Gasteiger partial charge >= 0.3 is 0 Å². The van der Waals surface area contributed by atoms with Crippen LogP contribution >= 0.6 is 0 Å². The number of piperidine rings is 1. The number of hydrogen-bond donors (Lipinski definition) is 1. The number of hydrogen-bond acceptors (Lipinski definition) is 4. The average molecular weight is 312 g/mol. The monoisotopic (exact) mass is 312 g/mol. The van der Waals surface area contributed by atoms with Crippen molar-refractivity contribution in [3.05, 3.63) is 41.2 Å². The molecule has 1 N–H and O–H groups in total. The van der Waals surface area contributed by atoms with Crippen molar-refractivity contribution < 1.29 is 4.74 Å². The second kappa shape index (κ2) is 6.71. The fourth-order valence-corrected chi connectivity index (χ4v) is 3.63. The Hall–Kier alpha value is -1.88. The van der Waals surface area contributed by atoms with Crippen LogP contribution in [0.2, 0.25) is 0 Å². The second-order valence-electron chi connectivity index (χ2n) is 6.72. The van der Waals surface area contributed by atoms with Crippen LogP contribution in [0.25, 0.3) is 0 Å². The van der Waals surface area contributed by atoms with E-state index in [1.54, 1.807) is 0 Å². The number of rotatable bonds is 5. The third-order valence-electron chi connectivity index (χ3n) is 4.89. The third kappa shape index (κ3) is 3.55. The fraction of sp³-hybridized carbons (Fsp3) is 0.556. The highest BCUT2D eigenvalue weighted by Crippen LogP contribution is 2.26. The Bertz CT molecular complexity index is 661. The van der Waals surface area contributed by atoms with Crippen LogP contribution < -0.4 is 10.1 Å². The van der Waals surface area contributed by atoms with E-state index in [1.165, 1.54) is 43.2 Å². The van der Waals surface area contributed by atoms with E-state index in [2.05, 4.69) is 33.8 Å². The van der Waals surface area contributed by atoms with Gasteiger partial charge in [-0.3, -0.25) is 4.68 Å². The van der Waals surface area contributed by atoms with Crippen molar-refractivity contribution in [3.63, 3.8) is 0 Å². The molecule has 0 bridgehead atoms. The minimum absolute atomic E-state index is 0.488. The number of ether oxygens (including phenoxy) is 1. The molecule has 1 saturated heterocycles. The lowest BCUT2D eigenvalue weighted by Crippen LogP contribution is -2.32. The molecule has 2 aromatic rings. The van der Waals surface area contributed by atoms with Crippen molar-refractivity contribution in [3.8, 4) is 5.75 Å². The minimum Gasteiger partial charge on any atom is -0.487 e. The minimum atomic E-state index is 0.488. The topological polar surface area (TPSA) is 52.0 Å². The Morgan fingerprint density at radius 3 is 3.09 bits per heavy atom. The Labute approximate surface area is 137 Å². The molecule has 0 radical (unpaired) electrons. The summed E-state index contributed by atoms with van der Waals surface area (Å²) in [6.45, 7) is 3.66. The SMILES string of the molecule is c1cc2c(cc1OCc1cn(CC3CCCNC3)nn1)CCC2. The standard InChI is InChI=1S/C18H24N4O/c1-4-15-6-7-18(9-16(15)5-1)23-13-17-12-22(21-20-17)11-14-3-2-8-19-10-14/h6-7,9,12,14,19H,1-5,8,10-11,13H2. The molecular formula is C18H24N4O. The second-order valence-corrected chi connectivity index (χ2v) is 6.72. The molecule has 0 saturated carbocycles. The van der Waals surface area contributed by atoms with Gasteiger partial charge in [0.1, 0.15) is 18.1 Å². The molecule has 0 amide bonds. The third-order valence-corrected chi connectivity index (χ3v) is 4.89. The number of aryl methyl sites for hydroxylation is 2. The van der Waals surface area contributed by atoms with Gasteiger partial charge in [-0.1, -0.05) is 11.3 Å². The molecule has 23 heavy (non-hydrogen) atoms. The molecule has 2 aliphatic rings. The van der Waals surface area contributed by atoms with Gasteiger partial charge in [-0.25, -0.2) is 0 Å². The first-order valence-electron chi connectivity index (χ1n) is 8.71. The highest BCUT2D eigenvalue weighted by Gasteiger charge is 2.15. The van der Waals surface area contributed by atoms with E-state index in [0.29, 0.717) is 12.5 Å². The lowest BCUT2D eigenvalue weighted by atomic mass is 10.00. The number of fused-ring (bicyclic) bond motifs is 1. The summed E-state index contributed by atoms with van der Waals surface area (Å²) in [7, 11) is 0. The number of nitrogens with one attached hydrogen (secondary N) is 1. The largest absolute Gasteiger partial charge is 0.487 e. The van der Waals surface area contributed by atoms with Crippen LogP contribution in [0.15, 0.2) is 24.4 Å². The average Bonchev–Trinajstić information content (AvgIpc) is 3.22. The van der Waals surface area contributed by atoms with Gasteiger partial charge in [0, 0.05) is 6.54 Å². The summed E-state index contributed by atoms with van der Waals surface area (Å²) in [6.07, 6.45) is 8.20. The van der Waals surface area contributed by atoms with Crippen LogP contribution in [0.3, 0.4) is 0 Å². The first kappa shape index (κ1) is 14.7. The number of aromatic nitrogens is 3. The lowest BCUT2D eigenvalue weighted by Gasteiger charge is -2.22. The van der Waals surface area contributed by atoms with Gasteiger partial charge in [0.25, 0.3) is 0 Å². The van der Waals surface area contributed by atoms with E-state index >= 15 is 0 Å². The predicted molar refractivity (Wildman–Crippen MR) is 88.4 cm³/mol. The molecule has 5 nitrogen and oxygen atoms in total. The zero-order valence-corrected chi connectivity index (χ0v) is 13.5. The maximum atomic E-state index is 5.89. The van der Waals surface area contributed by atoms with Crippen LogP contribution in [-0.4, -0.2) is 28.1 Å². The van der Waals surface area contributed by atoms with Gasteiger partial charge in [-0.15, -0.1) is 5.10 Å². The summed E-state index contributed by atoms with van der Waals surface area (Å²) in [4.78, 5) is 0. The summed E-state index contributed by atoms with van der Waals surface area (Å²) < 4.78 is 7.85.